The number of anilines is 1. The molecule has 1 aromatic rings. The first-order valence-corrected chi connectivity index (χ1v) is 8.63. The number of phenols is 1. The minimum atomic E-state index is -0.761. The van der Waals surface area contributed by atoms with Gasteiger partial charge in [-0.3, -0.25) is 4.79 Å². The number of hydrogen-bond acceptors (Lipinski definition) is 6. The highest BCUT2D eigenvalue weighted by Crippen LogP contribution is 2.43. The summed E-state index contributed by atoms with van der Waals surface area (Å²) < 4.78 is 5.32. The summed E-state index contributed by atoms with van der Waals surface area (Å²) in [5.41, 5.74) is 1.68. The normalized spacial score (nSPS) is 19.7. The molecule has 0 saturated carbocycles. The minimum Gasteiger partial charge on any atom is -0.512 e. The van der Waals surface area contributed by atoms with Crippen molar-refractivity contribution in [3.8, 4) is 5.75 Å². The number of rotatable bonds is 9. The maximum absolute atomic E-state index is 10.9. The van der Waals surface area contributed by atoms with E-state index in [0.29, 0.717) is 24.3 Å². The smallest absolute Gasteiger partial charge is 0.155 e. The fourth-order valence-electron chi connectivity index (χ4n) is 2.97. The van der Waals surface area contributed by atoms with Crippen LogP contribution in [0.1, 0.15) is 32.8 Å². The number of ketones is 1. The largest absolute Gasteiger partial charge is 0.512 e. The predicted octanol–water partition coefficient (Wildman–Crippen LogP) is 2.49. The molecule has 0 aliphatic heterocycles. The molecule has 0 saturated heterocycles. The molecule has 0 radical (unpaired) electrons. The monoisotopic (exact) mass is 349 g/mol. The van der Waals surface area contributed by atoms with Crippen LogP contribution in [0.3, 0.4) is 0 Å². The number of aliphatic hydroxyl groups excluding tert-OH is 2. The summed E-state index contributed by atoms with van der Waals surface area (Å²) in [5.74, 6) is -0.163. The van der Waals surface area contributed by atoms with Gasteiger partial charge in [-0.25, -0.2) is 0 Å². The molecule has 0 spiro atoms. The van der Waals surface area contributed by atoms with E-state index in [-0.39, 0.29) is 29.8 Å². The average Bonchev–Trinajstić information content (AvgIpc) is 2.58. The molecule has 1 aliphatic rings. The molecule has 1 aliphatic carbocycles. The van der Waals surface area contributed by atoms with Gasteiger partial charge in [0.05, 0.1) is 12.7 Å². The van der Waals surface area contributed by atoms with Crippen molar-refractivity contribution in [2.45, 2.75) is 33.3 Å². The number of ether oxygens (including phenoxy) is 1. The summed E-state index contributed by atoms with van der Waals surface area (Å²) in [6.07, 6.45) is 0.167. The molecule has 138 valence electrons. The summed E-state index contributed by atoms with van der Waals surface area (Å²) in [4.78, 5) is 13.0. The zero-order chi connectivity index (χ0) is 18.6. The fourth-order valence-corrected chi connectivity index (χ4v) is 2.97. The van der Waals surface area contributed by atoms with E-state index < -0.39 is 6.10 Å². The third-order valence-electron chi connectivity index (χ3n) is 4.42. The first-order valence-electron chi connectivity index (χ1n) is 8.63. The average molecular weight is 349 g/mol. The zero-order valence-corrected chi connectivity index (χ0v) is 15.0. The van der Waals surface area contributed by atoms with Gasteiger partial charge in [0.25, 0.3) is 0 Å². The van der Waals surface area contributed by atoms with Gasteiger partial charge in [0, 0.05) is 41.9 Å². The van der Waals surface area contributed by atoms with Gasteiger partial charge in [-0.15, -0.1) is 0 Å². The number of carbonyl (C=O) groups is 1. The van der Waals surface area contributed by atoms with Crippen LogP contribution in [0.25, 0.3) is 5.57 Å². The van der Waals surface area contributed by atoms with Crippen molar-refractivity contribution in [1.82, 2.24) is 0 Å². The molecule has 2 atom stereocenters. The van der Waals surface area contributed by atoms with Crippen LogP contribution in [-0.4, -0.2) is 53.5 Å². The van der Waals surface area contributed by atoms with Crippen LogP contribution in [-0.2, 0) is 9.53 Å². The number of Topliss-reactive ketones (excluding diaryl/α,β-unsaturated/α-hetero) is 1. The van der Waals surface area contributed by atoms with Crippen molar-refractivity contribution in [1.29, 1.82) is 0 Å². The first kappa shape index (κ1) is 19.3. The molecule has 2 rings (SSSR count). The number of benzene rings is 1. The highest BCUT2D eigenvalue weighted by molar-refractivity contribution is 5.81. The van der Waals surface area contributed by atoms with Crippen LogP contribution in [0, 0.1) is 5.92 Å². The van der Waals surface area contributed by atoms with E-state index in [1.807, 2.05) is 6.07 Å². The zero-order valence-electron chi connectivity index (χ0n) is 15.0. The Balaban J connectivity index is 2.12. The molecule has 0 fully saturated rings. The molecule has 0 heterocycles. The Morgan fingerprint density at radius 1 is 1.28 bits per heavy atom. The molecule has 1 aromatic carbocycles. The molecule has 0 bridgehead atoms. The summed E-state index contributed by atoms with van der Waals surface area (Å²) in [7, 11) is 0. The molecule has 0 aromatic heterocycles. The fraction of sp³-hybridized carbons (Fsp3) is 0.526. The Morgan fingerprint density at radius 3 is 2.56 bits per heavy atom. The van der Waals surface area contributed by atoms with E-state index >= 15 is 0 Å². The Bertz CT molecular complexity index is 655. The van der Waals surface area contributed by atoms with Crippen LogP contribution < -0.4 is 4.90 Å². The van der Waals surface area contributed by atoms with Crippen LogP contribution in [0.2, 0.25) is 0 Å². The summed E-state index contributed by atoms with van der Waals surface area (Å²) in [6, 6.07) is 5.20. The topological polar surface area (TPSA) is 90.2 Å². The van der Waals surface area contributed by atoms with Crippen molar-refractivity contribution in [2.24, 2.45) is 5.92 Å². The van der Waals surface area contributed by atoms with Gasteiger partial charge in [-0.1, -0.05) is 13.8 Å². The van der Waals surface area contributed by atoms with Crippen LogP contribution in [0.15, 0.2) is 24.0 Å². The van der Waals surface area contributed by atoms with Crippen LogP contribution >= 0.6 is 0 Å². The Kier molecular flexibility index (Phi) is 6.45. The first-order chi connectivity index (χ1) is 11.9. The number of carbonyl (C=O) groups excluding carboxylic acids is 1. The second kappa shape index (κ2) is 8.36. The highest BCUT2D eigenvalue weighted by atomic mass is 16.5. The van der Waals surface area contributed by atoms with Gasteiger partial charge in [-0.05, 0) is 25.5 Å². The van der Waals surface area contributed by atoms with Crippen molar-refractivity contribution in [2.75, 3.05) is 31.2 Å². The third-order valence-corrected chi connectivity index (χ3v) is 4.42. The molecule has 6 nitrogen and oxygen atoms in total. The SMILES string of the molecule is CCCN(CCOCC(C)=O)c1ccc(C2=C(O)C(C)C2O)c(O)c1. The molecule has 25 heavy (non-hydrogen) atoms. The van der Waals surface area contributed by atoms with Crippen molar-refractivity contribution >= 4 is 17.0 Å². The number of phenolic OH excluding ortho intramolecular Hbond substituents is 1. The summed E-state index contributed by atoms with van der Waals surface area (Å²) in [6.45, 7) is 7.20. The van der Waals surface area contributed by atoms with Crippen molar-refractivity contribution < 1.29 is 24.9 Å². The van der Waals surface area contributed by atoms with Gasteiger partial charge in [0.1, 0.15) is 18.1 Å². The number of aliphatic hydroxyl groups is 2. The van der Waals surface area contributed by atoms with Gasteiger partial charge < -0.3 is 25.0 Å². The highest BCUT2D eigenvalue weighted by Gasteiger charge is 2.38. The van der Waals surface area contributed by atoms with E-state index in [2.05, 4.69) is 11.8 Å². The Labute approximate surface area is 148 Å². The standard InChI is InChI=1S/C19H27NO5/c1-4-7-20(8-9-25-11-12(2)21)14-5-6-15(16(22)10-14)17-18(23)13(3)19(17)24/h5-6,10,13,18,22-24H,4,7-9,11H2,1-3H3. The number of hydrogen-bond donors (Lipinski definition) is 3. The van der Waals surface area contributed by atoms with Crippen LogP contribution in [0.5, 0.6) is 5.75 Å². The Morgan fingerprint density at radius 2 is 2.00 bits per heavy atom. The molecule has 0 amide bonds. The molecular formula is C19H27NO5. The molecule has 6 heteroatoms. The molecular weight excluding hydrogens is 322 g/mol. The third kappa shape index (κ3) is 4.32. The predicted molar refractivity (Wildman–Crippen MR) is 96.8 cm³/mol. The summed E-state index contributed by atoms with van der Waals surface area (Å²) in [5, 5.41) is 30.3. The van der Waals surface area contributed by atoms with Gasteiger partial charge in [0.15, 0.2) is 5.78 Å². The van der Waals surface area contributed by atoms with Crippen molar-refractivity contribution in [3.63, 3.8) is 0 Å². The summed E-state index contributed by atoms with van der Waals surface area (Å²) >= 11 is 0. The molecule has 2 unspecified atom stereocenters. The lowest BCUT2D eigenvalue weighted by Gasteiger charge is -2.33. The van der Waals surface area contributed by atoms with E-state index in [9.17, 15) is 20.1 Å². The van der Waals surface area contributed by atoms with Crippen molar-refractivity contribution in [3.05, 3.63) is 29.5 Å². The Hall–Kier alpha value is -2.05. The van der Waals surface area contributed by atoms with E-state index in [1.54, 1.807) is 19.1 Å². The van der Waals surface area contributed by atoms with Gasteiger partial charge in [-0.2, -0.15) is 0 Å². The number of nitrogens with zero attached hydrogens (tertiary/aromatic N) is 1. The number of aromatic hydroxyl groups is 1. The quantitative estimate of drug-likeness (QED) is 0.594. The lowest BCUT2D eigenvalue weighted by atomic mass is 9.78. The van der Waals surface area contributed by atoms with E-state index in [0.717, 1.165) is 18.7 Å². The lowest BCUT2D eigenvalue weighted by molar-refractivity contribution is -0.121. The van der Waals surface area contributed by atoms with E-state index in [1.165, 1.54) is 6.92 Å². The second-order valence-electron chi connectivity index (χ2n) is 6.48. The van der Waals surface area contributed by atoms with Crippen LogP contribution in [0.4, 0.5) is 5.69 Å². The minimum absolute atomic E-state index is 0.00888. The molecule has 3 N–H and O–H groups in total. The maximum Gasteiger partial charge on any atom is 0.155 e. The van der Waals surface area contributed by atoms with E-state index in [4.69, 9.17) is 4.74 Å². The van der Waals surface area contributed by atoms with Gasteiger partial charge >= 0.3 is 0 Å². The van der Waals surface area contributed by atoms with Gasteiger partial charge in [0.2, 0.25) is 0 Å². The second-order valence-corrected chi connectivity index (χ2v) is 6.48. The maximum atomic E-state index is 10.9. The lowest BCUT2D eigenvalue weighted by Crippen LogP contribution is -2.33.